The fourth-order valence-corrected chi connectivity index (χ4v) is 8.23. The number of fused-ring (bicyclic) bond motifs is 7. The molecule has 0 aliphatic carbocycles. The zero-order valence-electron chi connectivity index (χ0n) is 30.9. The Hall–Kier alpha value is -7.69. The highest BCUT2D eigenvalue weighted by molar-refractivity contribution is 6.28. The van der Waals surface area contributed by atoms with Gasteiger partial charge in [-0.2, -0.15) is 0 Å². The summed E-state index contributed by atoms with van der Waals surface area (Å²) >= 11 is 0. The van der Waals surface area contributed by atoms with Gasteiger partial charge in [-0.05, 0) is 80.2 Å². The summed E-state index contributed by atoms with van der Waals surface area (Å²) in [4.78, 5) is 15.3. The summed E-state index contributed by atoms with van der Waals surface area (Å²) in [6.45, 7) is 0. The number of hydrogen-bond acceptors (Lipinski definition) is 3. The lowest BCUT2D eigenvalue weighted by Gasteiger charge is -2.11. The van der Waals surface area contributed by atoms with Gasteiger partial charge in [0.1, 0.15) is 0 Å². The van der Waals surface area contributed by atoms with Crippen LogP contribution in [0.2, 0.25) is 0 Å². The Balaban J connectivity index is 1.04. The van der Waals surface area contributed by atoms with Crippen molar-refractivity contribution in [2.24, 2.45) is 0 Å². The molecule has 0 bridgehead atoms. The Kier molecular flexibility index (Phi) is 7.78. The van der Waals surface area contributed by atoms with Crippen LogP contribution < -0.4 is 0 Å². The van der Waals surface area contributed by atoms with Gasteiger partial charge >= 0.3 is 0 Å². The van der Waals surface area contributed by atoms with E-state index in [0.29, 0.717) is 17.5 Å². The van der Waals surface area contributed by atoms with E-state index in [0.717, 1.165) is 33.5 Å². The number of benzene rings is 9. The second kappa shape index (κ2) is 13.6. The Bertz CT molecular complexity index is 3050. The lowest BCUT2D eigenvalue weighted by molar-refractivity contribution is 1.07. The summed E-state index contributed by atoms with van der Waals surface area (Å²) in [5.41, 5.74) is 10.8. The molecule has 0 atom stereocenters. The van der Waals surface area contributed by atoms with Gasteiger partial charge in [0.2, 0.25) is 0 Å². The molecule has 4 heteroatoms. The maximum absolute atomic E-state index is 5.10. The lowest BCUT2D eigenvalue weighted by Crippen LogP contribution is -2.00. The molecule has 0 fully saturated rings. The predicted molar refractivity (Wildman–Crippen MR) is 236 cm³/mol. The highest BCUT2D eigenvalue weighted by atomic mass is 15.0. The normalized spacial score (nSPS) is 11.5. The van der Waals surface area contributed by atoms with Gasteiger partial charge in [-0.15, -0.1) is 0 Å². The molecule has 0 amide bonds. The van der Waals surface area contributed by atoms with Crippen molar-refractivity contribution in [2.45, 2.75) is 0 Å². The van der Waals surface area contributed by atoms with Crippen LogP contribution in [0, 0.1) is 0 Å². The quantitative estimate of drug-likeness (QED) is 0.171. The molecule has 2 heterocycles. The molecule has 0 N–H and O–H groups in total. The summed E-state index contributed by atoms with van der Waals surface area (Å²) in [7, 11) is 0. The minimum absolute atomic E-state index is 0.625. The predicted octanol–water partition coefficient (Wildman–Crippen LogP) is 13.6. The van der Waals surface area contributed by atoms with E-state index in [4.69, 9.17) is 15.0 Å². The summed E-state index contributed by atoms with van der Waals surface area (Å²) in [6.07, 6.45) is 0. The van der Waals surface area contributed by atoms with Gasteiger partial charge in [-0.25, -0.2) is 15.0 Å². The van der Waals surface area contributed by atoms with E-state index in [9.17, 15) is 0 Å². The van der Waals surface area contributed by atoms with E-state index < -0.39 is 0 Å². The van der Waals surface area contributed by atoms with Gasteiger partial charge in [-0.3, -0.25) is 0 Å². The molecule has 0 aliphatic heterocycles. The van der Waals surface area contributed by atoms with Crippen molar-refractivity contribution in [2.75, 3.05) is 0 Å². The zero-order valence-corrected chi connectivity index (χ0v) is 30.9. The monoisotopic (exact) mass is 726 g/mol. The number of nitrogens with zero attached hydrogens (tertiary/aromatic N) is 4. The van der Waals surface area contributed by atoms with E-state index in [1.165, 1.54) is 54.5 Å². The molecule has 0 spiro atoms. The average molecular weight is 727 g/mol. The van der Waals surface area contributed by atoms with Crippen molar-refractivity contribution in [1.29, 1.82) is 0 Å². The maximum Gasteiger partial charge on any atom is 0.164 e. The first kappa shape index (κ1) is 32.7. The van der Waals surface area contributed by atoms with Crippen LogP contribution in [0.15, 0.2) is 206 Å². The molecular weight excluding hydrogens is 693 g/mol. The standard InChI is InChI=1S/C53H34N4/c1-3-11-35(12-4-1)37-19-23-41(24-20-37)51-54-52(42-25-21-38(22-26-42)36-13-5-2-6-14-36)56-53(55-51)43-27-31-44(32-28-43)57-47-33-29-39-15-7-9-17-45(39)49(47)50-46-18-10-8-16-40(46)30-34-48(50)57/h1-34H. The lowest BCUT2D eigenvalue weighted by atomic mass is 10.00. The molecule has 0 radical (unpaired) electrons. The Morgan fingerprint density at radius 1 is 0.263 bits per heavy atom. The first-order valence-corrected chi connectivity index (χ1v) is 19.3. The molecule has 4 nitrogen and oxygen atoms in total. The number of hydrogen-bond donors (Lipinski definition) is 0. The molecule has 11 aromatic rings. The largest absolute Gasteiger partial charge is 0.309 e. The third kappa shape index (κ3) is 5.74. The van der Waals surface area contributed by atoms with E-state index in [1.54, 1.807) is 0 Å². The van der Waals surface area contributed by atoms with E-state index in [1.807, 2.05) is 12.1 Å². The van der Waals surface area contributed by atoms with Gasteiger partial charge in [0.25, 0.3) is 0 Å². The highest BCUT2D eigenvalue weighted by Crippen LogP contribution is 2.41. The van der Waals surface area contributed by atoms with Crippen LogP contribution in [-0.4, -0.2) is 19.5 Å². The fourth-order valence-electron chi connectivity index (χ4n) is 8.23. The molecule has 266 valence electrons. The molecule has 0 saturated heterocycles. The average Bonchev–Trinajstić information content (AvgIpc) is 3.65. The molecule has 0 saturated carbocycles. The van der Waals surface area contributed by atoms with E-state index in [-0.39, 0.29) is 0 Å². The van der Waals surface area contributed by atoms with Crippen LogP contribution in [0.1, 0.15) is 0 Å². The second-order valence-corrected chi connectivity index (χ2v) is 14.4. The summed E-state index contributed by atoms with van der Waals surface area (Å²) < 4.78 is 2.39. The van der Waals surface area contributed by atoms with Crippen LogP contribution in [0.4, 0.5) is 0 Å². The first-order chi connectivity index (χ1) is 28.2. The van der Waals surface area contributed by atoms with Gasteiger partial charge in [0.05, 0.1) is 11.0 Å². The number of rotatable bonds is 6. The molecule has 9 aromatic carbocycles. The molecule has 57 heavy (non-hydrogen) atoms. The van der Waals surface area contributed by atoms with Crippen LogP contribution in [0.25, 0.3) is 105 Å². The van der Waals surface area contributed by atoms with Crippen molar-refractivity contribution < 1.29 is 0 Å². The van der Waals surface area contributed by atoms with Gasteiger partial charge < -0.3 is 4.57 Å². The van der Waals surface area contributed by atoms with Crippen LogP contribution in [0.5, 0.6) is 0 Å². The van der Waals surface area contributed by atoms with E-state index >= 15 is 0 Å². The first-order valence-electron chi connectivity index (χ1n) is 19.3. The Labute approximate surface area is 330 Å². The van der Waals surface area contributed by atoms with Crippen molar-refractivity contribution >= 4 is 43.4 Å². The van der Waals surface area contributed by atoms with E-state index in [2.05, 4.69) is 199 Å². The molecular formula is C53H34N4. The summed E-state index contributed by atoms with van der Waals surface area (Å²) in [5, 5.41) is 7.52. The van der Waals surface area contributed by atoms with Crippen molar-refractivity contribution in [3.8, 4) is 62.1 Å². The van der Waals surface area contributed by atoms with Crippen LogP contribution in [-0.2, 0) is 0 Å². The smallest absolute Gasteiger partial charge is 0.164 e. The third-order valence-corrected chi connectivity index (χ3v) is 11.1. The summed E-state index contributed by atoms with van der Waals surface area (Å²) in [6, 6.07) is 72.8. The topological polar surface area (TPSA) is 43.6 Å². The summed E-state index contributed by atoms with van der Waals surface area (Å²) in [5.74, 6) is 1.89. The molecule has 0 aliphatic rings. The molecule has 11 rings (SSSR count). The van der Waals surface area contributed by atoms with Gasteiger partial charge in [-0.1, -0.05) is 170 Å². The Morgan fingerprint density at radius 3 is 1.02 bits per heavy atom. The van der Waals surface area contributed by atoms with Crippen molar-refractivity contribution in [1.82, 2.24) is 19.5 Å². The maximum atomic E-state index is 5.10. The number of aromatic nitrogens is 4. The Morgan fingerprint density at radius 2 is 0.596 bits per heavy atom. The zero-order chi connectivity index (χ0) is 37.7. The minimum atomic E-state index is 0.625. The highest BCUT2D eigenvalue weighted by Gasteiger charge is 2.18. The molecule has 2 aromatic heterocycles. The SMILES string of the molecule is c1ccc(-c2ccc(-c3nc(-c4ccc(-c5ccccc5)cc4)nc(-c4ccc(-n5c6ccc7ccccc7c6c6c7ccccc7ccc65)cc4)n3)cc2)cc1. The van der Waals surface area contributed by atoms with Crippen LogP contribution >= 0.6 is 0 Å². The minimum Gasteiger partial charge on any atom is -0.309 e. The van der Waals surface area contributed by atoms with Crippen molar-refractivity contribution in [3.05, 3.63) is 206 Å². The fraction of sp³-hybridized carbons (Fsp3) is 0. The van der Waals surface area contributed by atoms with Crippen molar-refractivity contribution in [3.63, 3.8) is 0 Å². The second-order valence-electron chi connectivity index (χ2n) is 14.4. The van der Waals surface area contributed by atoms with Gasteiger partial charge in [0, 0.05) is 33.2 Å². The molecule has 0 unspecified atom stereocenters. The third-order valence-electron chi connectivity index (χ3n) is 11.1. The van der Waals surface area contributed by atoms with Gasteiger partial charge in [0.15, 0.2) is 17.5 Å². The van der Waals surface area contributed by atoms with Crippen LogP contribution in [0.3, 0.4) is 0 Å².